The molecule has 0 bridgehead atoms. The van der Waals surface area contributed by atoms with Gasteiger partial charge in [-0.15, -0.1) is 5.10 Å². The van der Waals surface area contributed by atoms with Crippen LogP contribution in [0.2, 0.25) is 0 Å². The Balaban J connectivity index is 1.97. The van der Waals surface area contributed by atoms with Crippen molar-refractivity contribution >= 4 is 27.7 Å². The van der Waals surface area contributed by atoms with Crippen molar-refractivity contribution in [2.75, 3.05) is 0 Å². The zero-order chi connectivity index (χ0) is 29.1. The molecule has 2 heterocycles. The van der Waals surface area contributed by atoms with Crippen molar-refractivity contribution in [2.24, 2.45) is 11.1 Å². The number of rotatable bonds is 8. The molecular weight excluding hydrogens is 530 g/mol. The second kappa shape index (κ2) is 11.2. The Labute approximate surface area is 225 Å². The van der Waals surface area contributed by atoms with E-state index in [1.807, 2.05) is 0 Å². The molecule has 0 fully saturated rings. The maximum absolute atomic E-state index is 13.8. The first-order valence-corrected chi connectivity index (χ1v) is 13.3. The van der Waals surface area contributed by atoms with E-state index in [-0.39, 0.29) is 28.7 Å². The van der Waals surface area contributed by atoms with Crippen LogP contribution < -0.4 is 5.14 Å². The van der Waals surface area contributed by atoms with Crippen LogP contribution in [0.15, 0.2) is 53.7 Å². The molecule has 2 amide bonds. The lowest BCUT2D eigenvalue weighted by Gasteiger charge is -2.29. The molecule has 1 aromatic carbocycles. The minimum absolute atomic E-state index is 0.0726. The van der Waals surface area contributed by atoms with Crippen LogP contribution >= 0.6 is 0 Å². The molecule has 39 heavy (non-hydrogen) atoms. The number of nitro groups is 1. The summed E-state index contributed by atoms with van der Waals surface area (Å²) >= 11 is 0. The lowest BCUT2D eigenvalue weighted by Crippen LogP contribution is -2.45. The van der Waals surface area contributed by atoms with E-state index in [1.54, 1.807) is 34.6 Å². The molecule has 1 atom stereocenters. The molecule has 2 aromatic heterocycles. The molecule has 2 N–H and O–H groups in total. The summed E-state index contributed by atoms with van der Waals surface area (Å²) in [5.41, 5.74) is -0.193. The third-order valence-electron chi connectivity index (χ3n) is 5.37. The van der Waals surface area contributed by atoms with Gasteiger partial charge >= 0.3 is 6.09 Å². The highest BCUT2D eigenvalue weighted by Crippen LogP contribution is 2.26. The van der Waals surface area contributed by atoms with Gasteiger partial charge in [0, 0.05) is 23.9 Å². The highest BCUT2D eigenvalue weighted by molar-refractivity contribution is 7.89. The summed E-state index contributed by atoms with van der Waals surface area (Å²) in [4.78, 5) is 42.4. The molecule has 0 aliphatic heterocycles. The Bertz CT molecular complexity index is 1480. The maximum atomic E-state index is 13.8. The first-order chi connectivity index (χ1) is 18.1. The Morgan fingerprint density at radius 1 is 1.18 bits per heavy atom. The molecule has 1 unspecified atom stereocenters. The Hall–Kier alpha value is -4.24. The van der Waals surface area contributed by atoms with E-state index < -0.39 is 38.6 Å². The Morgan fingerprint density at radius 2 is 1.82 bits per heavy atom. The SMILES string of the molecule is CC(C)C(C(=O)N(Cc1cc([N+](=O)[O-])ccn1)C(=O)OC(C)(C)C)n1cc(-c2ccc(S(N)(=O)=O)cc2)nn1. The van der Waals surface area contributed by atoms with E-state index in [1.165, 1.54) is 53.5 Å². The third kappa shape index (κ3) is 7.42. The molecule has 0 saturated heterocycles. The van der Waals surface area contributed by atoms with Gasteiger partial charge in [-0.2, -0.15) is 0 Å². The van der Waals surface area contributed by atoms with E-state index in [9.17, 15) is 28.1 Å². The quantitative estimate of drug-likeness (QED) is 0.316. The second-order valence-electron chi connectivity index (χ2n) is 10.0. The van der Waals surface area contributed by atoms with Crippen molar-refractivity contribution in [1.82, 2.24) is 24.9 Å². The van der Waals surface area contributed by atoms with Crippen LogP contribution in [-0.4, -0.2) is 55.8 Å². The standard InChI is InChI=1S/C24H29N7O7S/c1-15(2)21(30-14-20(27-28-30)16-6-8-19(9-7-16)39(25,36)37)22(32)29(23(33)38-24(3,4)5)13-17-12-18(31(34)35)10-11-26-17/h6-12,14-15,21H,13H2,1-5H3,(H2,25,36,37). The molecule has 208 valence electrons. The molecule has 15 heteroatoms. The van der Waals surface area contributed by atoms with Crippen LogP contribution in [0, 0.1) is 16.0 Å². The number of sulfonamides is 1. The lowest BCUT2D eigenvalue weighted by atomic mass is 10.0. The second-order valence-corrected chi connectivity index (χ2v) is 11.6. The monoisotopic (exact) mass is 559 g/mol. The van der Waals surface area contributed by atoms with Crippen LogP contribution in [0.1, 0.15) is 46.4 Å². The molecule has 3 aromatic rings. The number of hydrogen-bond acceptors (Lipinski definition) is 10. The van der Waals surface area contributed by atoms with E-state index in [0.29, 0.717) is 11.3 Å². The summed E-state index contributed by atoms with van der Waals surface area (Å²) in [6.07, 6.45) is 1.76. The van der Waals surface area contributed by atoms with E-state index in [4.69, 9.17) is 9.88 Å². The smallest absolute Gasteiger partial charge is 0.417 e. The zero-order valence-corrected chi connectivity index (χ0v) is 22.8. The lowest BCUT2D eigenvalue weighted by molar-refractivity contribution is -0.385. The topological polar surface area (TPSA) is 194 Å². The van der Waals surface area contributed by atoms with Crippen molar-refractivity contribution in [3.8, 4) is 11.3 Å². The number of aromatic nitrogens is 4. The molecule has 0 saturated carbocycles. The number of carbonyl (C=O) groups excluding carboxylic acids is 2. The summed E-state index contributed by atoms with van der Waals surface area (Å²) in [7, 11) is -3.87. The van der Waals surface area contributed by atoms with Gasteiger partial charge in [0.1, 0.15) is 17.3 Å². The van der Waals surface area contributed by atoms with Gasteiger partial charge in [-0.1, -0.05) is 31.2 Å². The highest BCUT2D eigenvalue weighted by Gasteiger charge is 2.36. The van der Waals surface area contributed by atoms with Gasteiger partial charge in [0.25, 0.3) is 11.6 Å². The van der Waals surface area contributed by atoms with Crippen LogP contribution in [0.3, 0.4) is 0 Å². The number of nitrogens with two attached hydrogens (primary N) is 1. The van der Waals surface area contributed by atoms with E-state index >= 15 is 0 Å². The van der Waals surface area contributed by atoms with E-state index in [2.05, 4.69) is 15.3 Å². The molecule has 0 radical (unpaired) electrons. The average molecular weight is 560 g/mol. The number of carbonyl (C=O) groups is 2. The van der Waals surface area contributed by atoms with Crippen molar-refractivity contribution in [2.45, 2.75) is 57.7 Å². The summed E-state index contributed by atoms with van der Waals surface area (Å²) < 4.78 is 29.8. The minimum Gasteiger partial charge on any atom is -0.443 e. The first-order valence-electron chi connectivity index (χ1n) is 11.8. The molecule has 0 spiro atoms. The van der Waals surface area contributed by atoms with E-state index in [0.717, 1.165) is 4.90 Å². The fraction of sp³-hybridized carbons (Fsp3) is 0.375. The normalized spacial score (nSPS) is 12.7. The third-order valence-corrected chi connectivity index (χ3v) is 6.30. The predicted molar refractivity (Wildman–Crippen MR) is 138 cm³/mol. The van der Waals surface area contributed by atoms with Crippen LogP contribution in [0.4, 0.5) is 10.5 Å². The van der Waals surface area contributed by atoms with Gasteiger partial charge in [-0.3, -0.25) is 19.9 Å². The molecular formula is C24H29N7O7S. The largest absolute Gasteiger partial charge is 0.443 e. The maximum Gasteiger partial charge on any atom is 0.417 e. The average Bonchev–Trinajstić information content (AvgIpc) is 3.30. The first kappa shape index (κ1) is 29.3. The highest BCUT2D eigenvalue weighted by atomic mass is 32.2. The van der Waals surface area contributed by atoms with Crippen molar-refractivity contribution in [1.29, 1.82) is 0 Å². The summed E-state index contributed by atoms with van der Waals surface area (Å²) in [5.74, 6) is -1.06. The van der Waals surface area contributed by atoms with Crippen molar-refractivity contribution in [3.05, 3.63) is 64.6 Å². The number of amides is 2. The van der Waals surface area contributed by atoms with Crippen LogP contribution in [0.5, 0.6) is 0 Å². The number of primary sulfonamides is 1. The number of pyridine rings is 1. The predicted octanol–water partition coefficient (Wildman–Crippen LogP) is 3.06. The fourth-order valence-corrected chi connectivity index (χ4v) is 4.12. The van der Waals surface area contributed by atoms with Gasteiger partial charge in [0.2, 0.25) is 10.0 Å². The zero-order valence-electron chi connectivity index (χ0n) is 22.0. The summed E-state index contributed by atoms with van der Waals surface area (Å²) in [6.45, 7) is 8.06. The van der Waals surface area contributed by atoms with Crippen molar-refractivity contribution < 1.29 is 27.7 Å². The van der Waals surface area contributed by atoms with Gasteiger partial charge in [0.05, 0.1) is 28.3 Å². The Morgan fingerprint density at radius 3 is 2.36 bits per heavy atom. The number of hydrogen-bond donors (Lipinski definition) is 1. The van der Waals surface area contributed by atoms with Gasteiger partial charge < -0.3 is 4.74 Å². The van der Waals surface area contributed by atoms with Gasteiger partial charge in [-0.05, 0) is 38.8 Å². The molecule has 0 aliphatic rings. The number of benzene rings is 1. The summed E-state index contributed by atoms with van der Waals surface area (Å²) in [5, 5.41) is 24.5. The van der Waals surface area contributed by atoms with Gasteiger partial charge in [0.15, 0.2) is 0 Å². The molecule has 0 aliphatic carbocycles. The van der Waals surface area contributed by atoms with Crippen LogP contribution in [-0.2, 0) is 26.1 Å². The molecule has 3 rings (SSSR count). The van der Waals surface area contributed by atoms with Crippen molar-refractivity contribution in [3.63, 3.8) is 0 Å². The Kier molecular flexibility index (Phi) is 8.45. The van der Waals surface area contributed by atoms with Gasteiger partial charge in [-0.25, -0.2) is 27.9 Å². The number of ether oxygens (including phenoxy) is 1. The fourth-order valence-electron chi connectivity index (χ4n) is 3.60. The summed E-state index contributed by atoms with van der Waals surface area (Å²) in [6, 6.07) is 7.01. The number of nitrogens with zero attached hydrogens (tertiary/aromatic N) is 6. The van der Waals surface area contributed by atoms with Crippen LogP contribution in [0.25, 0.3) is 11.3 Å². The number of imide groups is 1. The minimum atomic E-state index is -3.87. The molecule has 14 nitrogen and oxygen atoms in total.